The molecule has 0 aliphatic carbocycles. The molecule has 2 aromatic heterocycles. The van der Waals surface area contributed by atoms with Gasteiger partial charge in [0, 0.05) is 30.2 Å². The van der Waals surface area contributed by atoms with Gasteiger partial charge in [0.25, 0.3) is 0 Å². The highest BCUT2D eigenvalue weighted by molar-refractivity contribution is 5.99. The number of nitrogens with zero attached hydrogens (tertiary/aromatic N) is 4. The van der Waals surface area contributed by atoms with Crippen molar-refractivity contribution < 1.29 is 38.2 Å². The average Bonchev–Trinajstić information content (AvgIpc) is 3.80. The predicted molar refractivity (Wildman–Crippen MR) is 173 cm³/mol. The Morgan fingerprint density at radius 1 is 0.729 bits per heavy atom. The molecule has 2 saturated heterocycles. The van der Waals surface area contributed by atoms with Gasteiger partial charge in [-0.3, -0.25) is 19.2 Å². The van der Waals surface area contributed by atoms with E-state index in [0.717, 1.165) is 16.5 Å². The largest absolute Gasteiger partial charge is 0.453 e. The molecule has 4 heterocycles. The first-order valence-electron chi connectivity index (χ1n) is 15.4. The van der Waals surface area contributed by atoms with E-state index in [1.54, 1.807) is 18.3 Å². The summed E-state index contributed by atoms with van der Waals surface area (Å²) in [5.74, 6) is -0.789. The lowest BCUT2D eigenvalue weighted by atomic mass is 10.0. The minimum atomic E-state index is -0.722. The van der Waals surface area contributed by atoms with Gasteiger partial charge >= 0.3 is 12.2 Å². The van der Waals surface area contributed by atoms with Crippen molar-refractivity contribution >= 4 is 58.4 Å². The van der Waals surface area contributed by atoms with Gasteiger partial charge in [-0.1, -0.05) is 6.07 Å². The van der Waals surface area contributed by atoms with Crippen LogP contribution in [0.4, 0.5) is 21.2 Å². The van der Waals surface area contributed by atoms with Crippen LogP contribution in [0.3, 0.4) is 0 Å². The quantitative estimate of drug-likeness (QED) is 0.263. The lowest BCUT2D eigenvalue weighted by molar-refractivity contribution is -0.135. The van der Waals surface area contributed by atoms with Gasteiger partial charge in [0.2, 0.25) is 23.6 Å². The second-order valence-corrected chi connectivity index (χ2v) is 11.2. The smallest absolute Gasteiger partial charge is 0.407 e. The third-order valence-corrected chi connectivity index (χ3v) is 8.18. The van der Waals surface area contributed by atoms with Crippen molar-refractivity contribution in [1.29, 1.82) is 0 Å². The van der Waals surface area contributed by atoms with E-state index in [9.17, 15) is 28.8 Å². The number of hydrogen-bond donors (Lipinski definition) is 4. The van der Waals surface area contributed by atoms with E-state index < -0.39 is 24.3 Å². The Bertz CT molecular complexity index is 1720. The van der Waals surface area contributed by atoms with Crippen molar-refractivity contribution in [1.82, 2.24) is 30.4 Å². The topological polar surface area (TPSA) is 201 Å². The number of amides is 6. The van der Waals surface area contributed by atoms with Crippen LogP contribution in [0.5, 0.6) is 0 Å². The van der Waals surface area contributed by atoms with Crippen molar-refractivity contribution in [3.8, 4) is 11.1 Å². The Morgan fingerprint density at radius 3 is 1.81 bits per heavy atom. The molecular weight excluding hydrogens is 624 g/mol. The average molecular weight is 661 g/mol. The second-order valence-electron chi connectivity index (χ2n) is 11.2. The molecule has 0 bridgehead atoms. The molecule has 48 heavy (non-hydrogen) atoms. The molecule has 4 N–H and O–H groups in total. The summed E-state index contributed by atoms with van der Waals surface area (Å²) in [5.41, 5.74) is 2.30. The molecule has 3 aromatic rings. The number of rotatable bonds is 9. The molecule has 252 valence electrons. The lowest BCUT2D eigenvalue weighted by Gasteiger charge is -2.24. The molecule has 0 saturated carbocycles. The number of ether oxygens (including phenoxy) is 2. The molecule has 2 fully saturated rings. The van der Waals surface area contributed by atoms with Crippen LogP contribution in [0.2, 0.25) is 0 Å². The number of nitrogens with one attached hydrogen (secondary N) is 4. The molecule has 5 rings (SSSR count). The normalized spacial score (nSPS) is 17.0. The zero-order chi connectivity index (χ0) is 34.2. The van der Waals surface area contributed by atoms with Crippen LogP contribution < -0.4 is 21.3 Å². The van der Waals surface area contributed by atoms with Gasteiger partial charge in [-0.05, 0) is 67.6 Å². The fraction of sp³-hybridized carbons (Fsp3) is 0.375. The maximum atomic E-state index is 13.0. The van der Waals surface area contributed by atoms with E-state index in [2.05, 4.69) is 40.7 Å². The van der Waals surface area contributed by atoms with Crippen LogP contribution in [-0.4, -0.2) is 108 Å². The van der Waals surface area contributed by atoms with E-state index in [1.807, 2.05) is 30.3 Å². The molecule has 2 atom stereocenters. The van der Waals surface area contributed by atoms with E-state index in [1.165, 1.54) is 24.0 Å². The number of benzene rings is 1. The predicted octanol–water partition coefficient (Wildman–Crippen LogP) is 1.87. The van der Waals surface area contributed by atoms with Gasteiger partial charge in [0.15, 0.2) is 0 Å². The second kappa shape index (κ2) is 15.2. The van der Waals surface area contributed by atoms with Gasteiger partial charge in [-0.25, -0.2) is 19.6 Å². The van der Waals surface area contributed by atoms with Crippen molar-refractivity contribution in [2.75, 3.05) is 51.0 Å². The Balaban J connectivity index is 1.18. The Hall–Kier alpha value is -5.80. The van der Waals surface area contributed by atoms with Crippen LogP contribution in [0.15, 0.2) is 48.7 Å². The number of carbonyl (C=O) groups is 6. The number of alkyl carbamates (subject to hydrolysis) is 2. The first-order valence-corrected chi connectivity index (χ1v) is 15.4. The number of pyridine rings is 2. The van der Waals surface area contributed by atoms with E-state index in [4.69, 9.17) is 0 Å². The number of methoxy groups -OCH3 is 2. The van der Waals surface area contributed by atoms with Crippen molar-refractivity contribution in [3.63, 3.8) is 0 Å². The van der Waals surface area contributed by atoms with Crippen LogP contribution in [-0.2, 0) is 28.7 Å². The Labute approximate surface area is 275 Å². The van der Waals surface area contributed by atoms with Crippen molar-refractivity contribution in [3.05, 3.63) is 48.7 Å². The molecule has 0 unspecified atom stereocenters. The summed E-state index contributed by atoms with van der Waals surface area (Å²) in [6, 6.07) is 11.3. The standard InChI is InChI=1S/C32H36N8O8/c1-47-31(45)34-17-27(41)39-13-3-5-23(39)29(43)37-25-11-9-21(16-33-25)19-7-10-22-20(15-19)8-12-26(36-22)38-30(44)24-6-4-14-40(24)28(42)18-35-32(46)48-2/h7-12,15-16,23-24H,3-6,13-14,17-18H2,1-2H3,(H,34,45)(H,35,46)(H,33,37,43)(H,36,38,44)/t23-,24-/m0/s1. The van der Waals surface area contributed by atoms with E-state index >= 15 is 0 Å². The maximum absolute atomic E-state index is 13.0. The summed E-state index contributed by atoms with van der Waals surface area (Å²) in [6.45, 7) is 0.295. The van der Waals surface area contributed by atoms with Crippen LogP contribution in [0, 0.1) is 0 Å². The number of aromatic nitrogens is 2. The summed E-state index contributed by atoms with van der Waals surface area (Å²) in [4.78, 5) is 85.6. The van der Waals surface area contributed by atoms with Gasteiger partial charge in [0.05, 0.1) is 19.7 Å². The van der Waals surface area contributed by atoms with E-state index in [0.29, 0.717) is 55.9 Å². The molecule has 2 aliphatic rings. The molecule has 2 aliphatic heterocycles. The van der Waals surface area contributed by atoms with E-state index in [-0.39, 0.29) is 36.7 Å². The molecule has 6 amide bonds. The number of likely N-dealkylation sites (tertiary alicyclic amines) is 2. The monoisotopic (exact) mass is 660 g/mol. The number of carbonyl (C=O) groups excluding carboxylic acids is 6. The van der Waals surface area contributed by atoms with Crippen LogP contribution in [0.25, 0.3) is 22.0 Å². The molecule has 0 spiro atoms. The lowest BCUT2D eigenvalue weighted by Crippen LogP contribution is -2.47. The molecule has 16 nitrogen and oxygen atoms in total. The zero-order valence-electron chi connectivity index (χ0n) is 26.5. The minimum absolute atomic E-state index is 0.263. The molecule has 1 aromatic carbocycles. The summed E-state index contributed by atoms with van der Waals surface area (Å²) in [5, 5.41) is 11.1. The SMILES string of the molecule is COC(=O)NCC(=O)N1CCC[C@H]1C(=O)Nc1ccc(-c2ccc3nc(NC(=O)[C@@H]4CCCN4C(=O)CNC(=O)OC)ccc3c2)cn1. The fourth-order valence-corrected chi connectivity index (χ4v) is 5.75. The number of hydrogen-bond acceptors (Lipinski definition) is 10. The zero-order valence-corrected chi connectivity index (χ0v) is 26.5. The van der Waals surface area contributed by atoms with Crippen molar-refractivity contribution in [2.45, 2.75) is 37.8 Å². The maximum Gasteiger partial charge on any atom is 0.407 e. The fourth-order valence-electron chi connectivity index (χ4n) is 5.75. The Morgan fingerprint density at radius 2 is 1.27 bits per heavy atom. The molecule has 0 radical (unpaired) electrons. The highest BCUT2D eigenvalue weighted by Gasteiger charge is 2.35. The van der Waals surface area contributed by atoms with Gasteiger partial charge in [-0.2, -0.15) is 0 Å². The molecule has 16 heteroatoms. The van der Waals surface area contributed by atoms with Crippen LogP contribution in [0.1, 0.15) is 25.7 Å². The first-order chi connectivity index (χ1) is 23.2. The van der Waals surface area contributed by atoms with Gasteiger partial charge in [-0.15, -0.1) is 0 Å². The minimum Gasteiger partial charge on any atom is -0.453 e. The summed E-state index contributed by atoms with van der Waals surface area (Å²) >= 11 is 0. The van der Waals surface area contributed by atoms with Gasteiger partial charge in [0.1, 0.15) is 36.8 Å². The summed E-state index contributed by atoms with van der Waals surface area (Å²) < 4.78 is 8.98. The highest BCUT2D eigenvalue weighted by Crippen LogP contribution is 2.26. The van der Waals surface area contributed by atoms with Gasteiger partial charge < -0.3 is 40.5 Å². The first kappa shape index (κ1) is 33.6. The summed E-state index contributed by atoms with van der Waals surface area (Å²) in [6.07, 6.45) is 2.51. The van der Waals surface area contributed by atoms with Crippen LogP contribution >= 0.6 is 0 Å². The van der Waals surface area contributed by atoms with Crippen molar-refractivity contribution in [2.24, 2.45) is 0 Å². The number of anilines is 2. The highest BCUT2D eigenvalue weighted by atomic mass is 16.5. The molecular formula is C32H36N8O8. The third kappa shape index (κ3) is 7.94. The number of fused-ring (bicyclic) bond motifs is 1. The summed E-state index contributed by atoms with van der Waals surface area (Å²) in [7, 11) is 2.41. The Kier molecular flexibility index (Phi) is 10.6. The third-order valence-electron chi connectivity index (χ3n) is 8.18.